The molecule has 1 unspecified atom stereocenters. The van der Waals surface area contributed by atoms with E-state index in [4.69, 9.17) is 4.74 Å². The van der Waals surface area contributed by atoms with Gasteiger partial charge < -0.3 is 10.1 Å². The SMILES string of the molecule is COc1ccc(-c2cc(C(=O)Nc3cccc4c(=O)n(C5CCC(=O)NC5=O)c(C)nc34)n(C)n2)cc1F. The number of nitrogens with one attached hydrogen (secondary N) is 2. The number of rotatable bonds is 5. The molecular formula is C26H23FN6O5. The minimum atomic E-state index is -0.856. The van der Waals surface area contributed by atoms with E-state index in [-0.39, 0.29) is 46.9 Å². The molecule has 1 saturated heterocycles. The van der Waals surface area contributed by atoms with Gasteiger partial charge in [0.15, 0.2) is 11.6 Å². The maximum Gasteiger partial charge on any atom is 0.274 e. The van der Waals surface area contributed by atoms with Crippen molar-refractivity contribution in [3.63, 3.8) is 0 Å². The van der Waals surface area contributed by atoms with E-state index in [2.05, 4.69) is 20.7 Å². The quantitative estimate of drug-likeness (QED) is 0.387. The number of anilines is 1. The van der Waals surface area contributed by atoms with E-state index in [1.807, 2.05) is 0 Å². The van der Waals surface area contributed by atoms with E-state index in [1.54, 1.807) is 38.2 Å². The number of aromatic nitrogens is 4. The molecule has 0 spiro atoms. The van der Waals surface area contributed by atoms with Gasteiger partial charge in [0.05, 0.1) is 23.9 Å². The smallest absolute Gasteiger partial charge is 0.274 e. The molecule has 1 aliphatic rings. The van der Waals surface area contributed by atoms with Crippen molar-refractivity contribution in [1.29, 1.82) is 0 Å². The summed E-state index contributed by atoms with van der Waals surface area (Å²) >= 11 is 0. The molecule has 1 atom stereocenters. The van der Waals surface area contributed by atoms with Crippen molar-refractivity contribution in [2.45, 2.75) is 25.8 Å². The van der Waals surface area contributed by atoms with Crippen molar-refractivity contribution in [2.24, 2.45) is 7.05 Å². The first-order valence-corrected chi connectivity index (χ1v) is 11.7. The third-order valence-electron chi connectivity index (χ3n) is 6.44. The Balaban J connectivity index is 1.47. The van der Waals surface area contributed by atoms with Gasteiger partial charge in [0.2, 0.25) is 11.8 Å². The van der Waals surface area contributed by atoms with Gasteiger partial charge in [0, 0.05) is 19.0 Å². The summed E-state index contributed by atoms with van der Waals surface area (Å²) in [5.74, 6) is -1.64. The summed E-state index contributed by atoms with van der Waals surface area (Å²) in [6.07, 6.45) is 0.308. The van der Waals surface area contributed by atoms with Gasteiger partial charge in [-0.3, -0.25) is 33.7 Å². The summed E-state index contributed by atoms with van der Waals surface area (Å²) in [5, 5.41) is 9.56. The first kappa shape index (κ1) is 24.8. The second-order valence-electron chi connectivity index (χ2n) is 8.84. The number of carbonyl (C=O) groups is 3. The average molecular weight is 519 g/mol. The molecule has 3 heterocycles. The van der Waals surface area contributed by atoms with Gasteiger partial charge in [0.25, 0.3) is 11.5 Å². The van der Waals surface area contributed by atoms with Crippen LogP contribution in [0.25, 0.3) is 22.2 Å². The highest BCUT2D eigenvalue weighted by atomic mass is 19.1. The number of hydrogen-bond donors (Lipinski definition) is 2. The lowest BCUT2D eigenvalue weighted by Crippen LogP contribution is -2.45. The minimum Gasteiger partial charge on any atom is -0.494 e. The molecule has 0 aliphatic carbocycles. The standard InChI is InChI=1S/C26H23FN6O5/c1-13-28-23-15(26(37)33(13)19-8-10-22(34)30-24(19)35)5-4-6-17(23)29-25(36)20-12-18(31-32(20)2)14-7-9-21(38-3)16(27)11-14/h4-7,9,11-12,19H,8,10H2,1-3H3,(H,29,36)(H,30,34,35). The van der Waals surface area contributed by atoms with E-state index >= 15 is 0 Å². The van der Waals surface area contributed by atoms with Crippen LogP contribution in [0.3, 0.4) is 0 Å². The van der Waals surface area contributed by atoms with Gasteiger partial charge in [-0.25, -0.2) is 9.37 Å². The highest BCUT2D eigenvalue weighted by Gasteiger charge is 2.30. The monoisotopic (exact) mass is 518 g/mol. The fourth-order valence-corrected chi connectivity index (χ4v) is 4.56. The molecule has 2 aromatic heterocycles. The number of halogens is 1. The Hall–Kier alpha value is -4.87. The number of para-hydroxylation sites is 1. The molecule has 1 aliphatic heterocycles. The van der Waals surface area contributed by atoms with Gasteiger partial charge in [-0.1, -0.05) is 6.07 Å². The molecule has 0 radical (unpaired) electrons. The van der Waals surface area contributed by atoms with Crippen molar-refractivity contribution < 1.29 is 23.5 Å². The number of nitrogens with zero attached hydrogens (tertiary/aromatic N) is 4. The summed E-state index contributed by atoms with van der Waals surface area (Å²) in [5.41, 5.74) is 1.14. The topological polar surface area (TPSA) is 137 Å². The van der Waals surface area contributed by atoms with Crippen LogP contribution < -0.4 is 20.9 Å². The molecule has 4 aromatic rings. The van der Waals surface area contributed by atoms with Crippen molar-refractivity contribution in [3.8, 4) is 17.0 Å². The van der Waals surface area contributed by atoms with Crippen LogP contribution in [0.15, 0.2) is 47.3 Å². The zero-order chi connectivity index (χ0) is 27.1. The second-order valence-corrected chi connectivity index (χ2v) is 8.84. The van der Waals surface area contributed by atoms with Gasteiger partial charge >= 0.3 is 0 Å². The van der Waals surface area contributed by atoms with Gasteiger partial charge in [-0.15, -0.1) is 0 Å². The number of methoxy groups -OCH3 is 1. The zero-order valence-corrected chi connectivity index (χ0v) is 20.7. The molecule has 12 heteroatoms. The first-order valence-electron chi connectivity index (χ1n) is 11.7. The molecule has 11 nitrogen and oxygen atoms in total. The molecule has 3 amide bonds. The molecule has 0 saturated carbocycles. The zero-order valence-electron chi connectivity index (χ0n) is 20.7. The third kappa shape index (κ3) is 4.29. The Kier molecular flexibility index (Phi) is 6.23. The predicted molar refractivity (Wildman–Crippen MR) is 135 cm³/mol. The van der Waals surface area contributed by atoms with Gasteiger partial charge in [0.1, 0.15) is 23.1 Å². The Morgan fingerprint density at radius 1 is 1.18 bits per heavy atom. The summed E-state index contributed by atoms with van der Waals surface area (Å²) in [6.45, 7) is 1.59. The normalized spacial score (nSPS) is 15.4. The van der Waals surface area contributed by atoms with E-state index in [0.29, 0.717) is 16.9 Å². The summed E-state index contributed by atoms with van der Waals surface area (Å²) in [4.78, 5) is 55.0. The highest BCUT2D eigenvalue weighted by molar-refractivity contribution is 6.08. The Bertz CT molecular complexity index is 1690. The fraction of sp³-hybridized carbons (Fsp3) is 0.231. The molecule has 0 bridgehead atoms. The van der Waals surface area contributed by atoms with E-state index in [0.717, 1.165) is 0 Å². The summed E-state index contributed by atoms with van der Waals surface area (Å²) in [7, 11) is 2.96. The van der Waals surface area contributed by atoms with Gasteiger partial charge in [-0.2, -0.15) is 5.10 Å². The summed E-state index contributed by atoms with van der Waals surface area (Å²) < 4.78 is 21.8. The van der Waals surface area contributed by atoms with Gasteiger partial charge in [-0.05, 0) is 49.7 Å². The van der Waals surface area contributed by atoms with E-state index in [9.17, 15) is 23.6 Å². The minimum absolute atomic E-state index is 0.0954. The number of imide groups is 1. The van der Waals surface area contributed by atoms with Crippen LogP contribution in [0.5, 0.6) is 5.75 Å². The molecule has 2 N–H and O–H groups in total. The third-order valence-corrected chi connectivity index (χ3v) is 6.44. The van der Waals surface area contributed by atoms with Crippen LogP contribution >= 0.6 is 0 Å². The number of piperidine rings is 1. The number of carbonyl (C=O) groups excluding carboxylic acids is 3. The van der Waals surface area contributed by atoms with Crippen molar-refractivity contribution >= 4 is 34.3 Å². The largest absolute Gasteiger partial charge is 0.494 e. The fourth-order valence-electron chi connectivity index (χ4n) is 4.56. The molecule has 194 valence electrons. The maximum atomic E-state index is 14.2. The lowest BCUT2D eigenvalue weighted by Gasteiger charge is -2.24. The number of aryl methyl sites for hydroxylation is 2. The number of amides is 3. The number of hydrogen-bond acceptors (Lipinski definition) is 7. The lowest BCUT2D eigenvalue weighted by molar-refractivity contribution is -0.135. The highest BCUT2D eigenvalue weighted by Crippen LogP contribution is 2.27. The number of benzene rings is 2. The molecule has 1 fully saturated rings. The van der Waals surface area contributed by atoms with Crippen molar-refractivity contribution in [2.75, 3.05) is 12.4 Å². The Morgan fingerprint density at radius 2 is 1.97 bits per heavy atom. The average Bonchev–Trinajstić information content (AvgIpc) is 3.27. The van der Waals surface area contributed by atoms with Crippen LogP contribution in [0.1, 0.15) is 35.2 Å². The van der Waals surface area contributed by atoms with E-state index < -0.39 is 29.2 Å². The van der Waals surface area contributed by atoms with E-state index in [1.165, 1.54) is 34.6 Å². The maximum absolute atomic E-state index is 14.2. The Morgan fingerprint density at radius 3 is 2.68 bits per heavy atom. The van der Waals surface area contributed by atoms with Crippen LogP contribution in [-0.2, 0) is 16.6 Å². The summed E-state index contributed by atoms with van der Waals surface area (Å²) in [6, 6.07) is 9.82. The number of ether oxygens (including phenoxy) is 1. The molecule has 38 heavy (non-hydrogen) atoms. The van der Waals surface area contributed by atoms with Crippen molar-refractivity contribution in [1.82, 2.24) is 24.6 Å². The number of fused-ring (bicyclic) bond motifs is 1. The Labute approximate surface area is 215 Å². The van der Waals surface area contributed by atoms with Crippen LogP contribution in [0, 0.1) is 12.7 Å². The molecule has 5 rings (SSSR count). The van der Waals surface area contributed by atoms with Crippen LogP contribution in [0.2, 0.25) is 0 Å². The molecule has 2 aromatic carbocycles. The van der Waals surface area contributed by atoms with Crippen LogP contribution in [-0.4, -0.2) is 44.2 Å². The van der Waals surface area contributed by atoms with Crippen molar-refractivity contribution in [3.05, 3.63) is 70.2 Å². The second kappa shape index (κ2) is 9.54. The van der Waals surface area contributed by atoms with Crippen LogP contribution in [0.4, 0.5) is 10.1 Å². The predicted octanol–water partition coefficient (Wildman–Crippen LogP) is 2.48. The first-order chi connectivity index (χ1) is 18.2. The lowest BCUT2D eigenvalue weighted by atomic mass is 10.1. The molecular weight excluding hydrogens is 495 g/mol.